The van der Waals surface area contributed by atoms with Crippen molar-refractivity contribution < 1.29 is 9.66 Å². The van der Waals surface area contributed by atoms with Gasteiger partial charge in [0.1, 0.15) is 5.69 Å². The van der Waals surface area contributed by atoms with Crippen LogP contribution in [0.5, 0.6) is 5.75 Å². The van der Waals surface area contributed by atoms with E-state index < -0.39 is 0 Å². The molecule has 0 bridgehead atoms. The van der Waals surface area contributed by atoms with E-state index in [2.05, 4.69) is 5.32 Å². The highest BCUT2D eigenvalue weighted by Gasteiger charge is 2.29. The number of hydrogen-bond donors (Lipinski definition) is 1. The lowest BCUT2D eigenvalue weighted by atomic mass is 10.2. The van der Waals surface area contributed by atoms with Gasteiger partial charge in [0, 0.05) is 19.1 Å². The van der Waals surface area contributed by atoms with Crippen LogP contribution in [0.2, 0.25) is 0 Å². The third kappa shape index (κ3) is 2.78. The fourth-order valence-electron chi connectivity index (χ4n) is 2.44. The highest BCUT2D eigenvalue weighted by Crippen LogP contribution is 2.38. The van der Waals surface area contributed by atoms with Crippen molar-refractivity contribution in [2.24, 2.45) is 0 Å². The molecule has 6 nitrogen and oxygen atoms in total. The molecule has 1 aliphatic heterocycles. The maximum absolute atomic E-state index is 11.3. The smallest absolute Gasteiger partial charge is 0.333 e. The van der Waals surface area contributed by atoms with Crippen LogP contribution in [0, 0.1) is 10.1 Å². The molecule has 1 unspecified atom stereocenters. The fourth-order valence-corrected chi connectivity index (χ4v) is 2.44. The van der Waals surface area contributed by atoms with Gasteiger partial charge in [0.2, 0.25) is 0 Å². The van der Waals surface area contributed by atoms with Crippen LogP contribution in [0.4, 0.5) is 11.4 Å². The molecule has 2 rings (SSSR count). The van der Waals surface area contributed by atoms with Crippen LogP contribution in [0.25, 0.3) is 0 Å². The molecule has 1 aromatic carbocycles. The minimum atomic E-state index is -0.354. The monoisotopic (exact) mass is 265 g/mol. The number of hydrogen-bond acceptors (Lipinski definition) is 5. The van der Waals surface area contributed by atoms with Crippen LogP contribution in [0.1, 0.15) is 13.3 Å². The summed E-state index contributed by atoms with van der Waals surface area (Å²) in [6.07, 6.45) is 0.993. The number of ether oxygens (including phenoxy) is 1. The van der Waals surface area contributed by atoms with Crippen molar-refractivity contribution in [1.82, 2.24) is 5.32 Å². The Morgan fingerprint density at radius 1 is 1.58 bits per heavy atom. The molecule has 1 saturated heterocycles. The molecule has 19 heavy (non-hydrogen) atoms. The average Bonchev–Trinajstić information content (AvgIpc) is 2.87. The standard InChI is InChI=1S/C13H19N3O3/c1-3-19-12-6-4-5-11(13(12)16(17)18)15-8-7-10(9-15)14-2/h4-6,10,14H,3,7-9H2,1-2H3. The first-order valence-corrected chi connectivity index (χ1v) is 6.49. The summed E-state index contributed by atoms with van der Waals surface area (Å²) in [5.74, 6) is 0.345. The SMILES string of the molecule is CCOc1cccc(N2CCC(NC)C2)c1[N+](=O)[O-]. The van der Waals surface area contributed by atoms with Crippen LogP contribution < -0.4 is 15.0 Å². The van der Waals surface area contributed by atoms with E-state index >= 15 is 0 Å². The van der Waals surface area contributed by atoms with Crippen LogP contribution in [-0.4, -0.2) is 37.7 Å². The van der Waals surface area contributed by atoms with E-state index in [1.807, 2.05) is 18.9 Å². The van der Waals surface area contributed by atoms with Gasteiger partial charge in [-0.15, -0.1) is 0 Å². The van der Waals surface area contributed by atoms with Gasteiger partial charge in [-0.2, -0.15) is 0 Å². The van der Waals surface area contributed by atoms with Gasteiger partial charge in [-0.25, -0.2) is 0 Å². The predicted octanol–water partition coefficient (Wildman–Crippen LogP) is 1.79. The van der Waals surface area contributed by atoms with E-state index in [1.54, 1.807) is 18.2 Å². The van der Waals surface area contributed by atoms with Gasteiger partial charge in [0.05, 0.1) is 11.5 Å². The molecule has 0 aromatic heterocycles. The zero-order valence-corrected chi connectivity index (χ0v) is 11.3. The summed E-state index contributed by atoms with van der Waals surface area (Å²) >= 11 is 0. The summed E-state index contributed by atoms with van der Waals surface area (Å²) in [4.78, 5) is 13.0. The second-order valence-electron chi connectivity index (χ2n) is 4.53. The van der Waals surface area contributed by atoms with E-state index in [-0.39, 0.29) is 10.6 Å². The molecule has 0 saturated carbocycles. The number of nitrogens with one attached hydrogen (secondary N) is 1. The Balaban J connectivity index is 2.34. The molecule has 1 aromatic rings. The van der Waals surface area contributed by atoms with Crippen molar-refractivity contribution in [2.75, 3.05) is 31.6 Å². The molecule has 0 aliphatic carbocycles. The van der Waals surface area contributed by atoms with E-state index in [0.29, 0.717) is 24.1 Å². The first kappa shape index (κ1) is 13.6. The van der Waals surface area contributed by atoms with Crippen molar-refractivity contribution in [3.8, 4) is 5.75 Å². The summed E-state index contributed by atoms with van der Waals surface area (Å²) in [6.45, 7) is 3.85. The van der Waals surface area contributed by atoms with Gasteiger partial charge in [0.25, 0.3) is 0 Å². The number of anilines is 1. The Bertz CT molecular complexity index is 464. The highest BCUT2D eigenvalue weighted by molar-refractivity contribution is 5.70. The number of benzene rings is 1. The lowest BCUT2D eigenvalue weighted by molar-refractivity contribution is -0.385. The van der Waals surface area contributed by atoms with E-state index in [9.17, 15) is 10.1 Å². The van der Waals surface area contributed by atoms with E-state index in [1.165, 1.54) is 0 Å². The molecule has 1 heterocycles. The van der Waals surface area contributed by atoms with Crippen molar-refractivity contribution in [1.29, 1.82) is 0 Å². The molecule has 1 atom stereocenters. The molecule has 1 aliphatic rings. The van der Waals surface area contributed by atoms with Gasteiger partial charge >= 0.3 is 5.69 Å². The second-order valence-corrected chi connectivity index (χ2v) is 4.53. The van der Waals surface area contributed by atoms with Crippen LogP contribution in [0.3, 0.4) is 0 Å². The van der Waals surface area contributed by atoms with Crippen molar-refractivity contribution in [2.45, 2.75) is 19.4 Å². The molecule has 6 heteroatoms. The molecule has 0 radical (unpaired) electrons. The zero-order chi connectivity index (χ0) is 13.8. The number of nitro groups is 1. The summed E-state index contributed by atoms with van der Waals surface area (Å²) in [5.41, 5.74) is 0.717. The van der Waals surface area contributed by atoms with Gasteiger partial charge in [-0.3, -0.25) is 10.1 Å². The quantitative estimate of drug-likeness (QED) is 0.649. The van der Waals surface area contributed by atoms with Crippen molar-refractivity contribution in [3.05, 3.63) is 28.3 Å². The maximum Gasteiger partial charge on any atom is 0.333 e. The first-order chi connectivity index (χ1) is 9.17. The fraction of sp³-hybridized carbons (Fsp3) is 0.538. The number of para-hydroxylation sites is 1. The molecule has 0 spiro atoms. The molecule has 1 fully saturated rings. The Kier molecular flexibility index (Phi) is 4.21. The third-order valence-corrected chi connectivity index (χ3v) is 3.40. The third-order valence-electron chi connectivity index (χ3n) is 3.40. The Labute approximate surface area is 112 Å². The first-order valence-electron chi connectivity index (χ1n) is 6.49. The molecule has 104 valence electrons. The summed E-state index contributed by atoms with van der Waals surface area (Å²) in [5, 5.41) is 14.5. The van der Waals surface area contributed by atoms with Gasteiger partial charge in [-0.1, -0.05) is 6.07 Å². The Morgan fingerprint density at radius 3 is 2.95 bits per heavy atom. The maximum atomic E-state index is 11.3. The normalized spacial score (nSPS) is 18.6. The van der Waals surface area contributed by atoms with Gasteiger partial charge in [0.15, 0.2) is 5.75 Å². The minimum absolute atomic E-state index is 0.0705. The number of rotatable bonds is 5. The lowest BCUT2D eigenvalue weighted by Gasteiger charge is -2.19. The molecule has 1 N–H and O–H groups in total. The number of likely N-dealkylation sites (N-methyl/N-ethyl adjacent to an activating group) is 1. The summed E-state index contributed by atoms with van der Waals surface area (Å²) < 4.78 is 5.37. The topological polar surface area (TPSA) is 67.6 Å². The van der Waals surface area contributed by atoms with E-state index in [0.717, 1.165) is 19.5 Å². The van der Waals surface area contributed by atoms with Gasteiger partial charge in [-0.05, 0) is 32.5 Å². The zero-order valence-electron chi connectivity index (χ0n) is 11.3. The lowest BCUT2D eigenvalue weighted by Crippen LogP contribution is -2.29. The molecule has 0 amide bonds. The average molecular weight is 265 g/mol. The molecular weight excluding hydrogens is 246 g/mol. The number of nitrogens with zero attached hydrogens (tertiary/aromatic N) is 2. The van der Waals surface area contributed by atoms with Gasteiger partial charge < -0.3 is 15.0 Å². The summed E-state index contributed by atoms with van der Waals surface area (Å²) in [7, 11) is 1.92. The van der Waals surface area contributed by atoms with Crippen LogP contribution >= 0.6 is 0 Å². The Morgan fingerprint density at radius 2 is 2.37 bits per heavy atom. The highest BCUT2D eigenvalue weighted by atomic mass is 16.6. The van der Waals surface area contributed by atoms with Crippen LogP contribution in [0.15, 0.2) is 18.2 Å². The van der Waals surface area contributed by atoms with Crippen LogP contribution in [-0.2, 0) is 0 Å². The number of nitro benzene ring substituents is 1. The second kappa shape index (κ2) is 5.88. The Hall–Kier alpha value is -1.82. The van der Waals surface area contributed by atoms with Crippen molar-refractivity contribution in [3.63, 3.8) is 0 Å². The largest absolute Gasteiger partial charge is 0.487 e. The predicted molar refractivity (Wildman–Crippen MR) is 73.9 cm³/mol. The van der Waals surface area contributed by atoms with Crippen molar-refractivity contribution >= 4 is 11.4 Å². The van der Waals surface area contributed by atoms with E-state index in [4.69, 9.17) is 4.74 Å². The summed E-state index contributed by atoms with van der Waals surface area (Å²) in [6, 6.07) is 5.63. The minimum Gasteiger partial charge on any atom is -0.487 e. The molecular formula is C13H19N3O3.